The number of carboxylic acid groups (broad SMARTS) is 1. The van der Waals surface area contributed by atoms with Gasteiger partial charge in [0.15, 0.2) is 0 Å². The minimum absolute atomic E-state index is 0.0427. The molecule has 6 heteroatoms. The molecule has 3 rings (SSSR count). The number of ether oxygens (including phenoxy) is 1. The first-order valence-corrected chi connectivity index (χ1v) is 6.39. The van der Waals surface area contributed by atoms with E-state index in [2.05, 4.69) is 10.2 Å². The van der Waals surface area contributed by atoms with E-state index < -0.39 is 11.8 Å². The highest BCUT2D eigenvalue weighted by molar-refractivity contribution is 5.87. The minimum Gasteiger partial charge on any atom is -0.490 e. The Hall–Kier alpha value is -2.37. The molecule has 0 radical (unpaired) electrons. The van der Waals surface area contributed by atoms with Gasteiger partial charge >= 0.3 is 5.97 Å². The Labute approximate surface area is 114 Å². The third-order valence-corrected chi connectivity index (χ3v) is 3.37. The molecule has 1 aliphatic rings. The minimum atomic E-state index is -1.11. The van der Waals surface area contributed by atoms with Crippen LogP contribution in [-0.2, 0) is 0 Å². The van der Waals surface area contributed by atoms with Crippen LogP contribution in [0.15, 0.2) is 24.3 Å². The highest BCUT2D eigenvalue weighted by Gasteiger charge is 2.22. The van der Waals surface area contributed by atoms with Crippen LogP contribution in [0.2, 0.25) is 0 Å². The number of nitrogens with zero attached hydrogens (tertiary/aromatic N) is 1. The lowest BCUT2D eigenvalue weighted by molar-refractivity contribution is 0.0690. The van der Waals surface area contributed by atoms with E-state index in [0.29, 0.717) is 17.0 Å². The normalized spacial score (nSPS) is 14.8. The maximum absolute atomic E-state index is 13.4. The first-order chi connectivity index (χ1) is 9.63. The van der Waals surface area contributed by atoms with Gasteiger partial charge in [0.05, 0.1) is 11.8 Å². The largest absolute Gasteiger partial charge is 0.490 e. The van der Waals surface area contributed by atoms with Crippen molar-refractivity contribution in [2.45, 2.75) is 25.4 Å². The second-order valence-corrected chi connectivity index (χ2v) is 4.78. The fourth-order valence-electron chi connectivity index (χ4n) is 2.04. The summed E-state index contributed by atoms with van der Waals surface area (Å²) in [5.41, 5.74) is 0.774. The maximum Gasteiger partial charge on any atom is 0.353 e. The van der Waals surface area contributed by atoms with Crippen LogP contribution < -0.4 is 4.74 Å². The zero-order valence-electron chi connectivity index (χ0n) is 10.6. The van der Waals surface area contributed by atoms with Crippen LogP contribution in [0.4, 0.5) is 4.39 Å². The monoisotopic (exact) mass is 276 g/mol. The van der Waals surface area contributed by atoms with E-state index in [1.165, 1.54) is 18.2 Å². The van der Waals surface area contributed by atoms with Crippen molar-refractivity contribution in [3.8, 4) is 17.0 Å². The van der Waals surface area contributed by atoms with Crippen molar-refractivity contribution in [3.05, 3.63) is 35.8 Å². The first kappa shape index (κ1) is 12.7. The Morgan fingerprint density at radius 1 is 1.40 bits per heavy atom. The molecule has 1 aromatic carbocycles. The van der Waals surface area contributed by atoms with E-state index in [0.717, 1.165) is 19.3 Å². The molecule has 1 aromatic heterocycles. The number of benzene rings is 1. The van der Waals surface area contributed by atoms with Crippen LogP contribution >= 0.6 is 0 Å². The number of carboxylic acids is 1. The molecule has 2 N–H and O–H groups in total. The van der Waals surface area contributed by atoms with Crippen LogP contribution in [0, 0.1) is 5.82 Å². The molecule has 0 atom stereocenters. The van der Waals surface area contributed by atoms with E-state index in [4.69, 9.17) is 9.84 Å². The topological polar surface area (TPSA) is 75.2 Å². The molecular weight excluding hydrogens is 263 g/mol. The first-order valence-electron chi connectivity index (χ1n) is 6.39. The smallest absolute Gasteiger partial charge is 0.353 e. The van der Waals surface area contributed by atoms with Gasteiger partial charge in [-0.3, -0.25) is 5.10 Å². The van der Waals surface area contributed by atoms with Crippen molar-refractivity contribution in [3.63, 3.8) is 0 Å². The second-order valence-electron chi connectivity index (χ2n) is 4.78. The molecule has 0 saturated heterocycles. The number of halogens is 1. The molecular formula is C14H13FN2O3. The number of aromatic carboxylic acids is 1. The molecule has 1 heterocycles. The second kappa shape index (κ2) is 4.96. The Morgan fingerprint density at radius 2 is 2.20 bits per heavy atom. The fourth-order valence-corrected chi connectivity index (χ4v) is 2.04. The molecule has 2 aromatic rings. The lowest BCUT2D eigenvalue weighted by Gasteiger charge is -2.27. The number of H-pyrrole nitrogens is 1. The molecule has 5 nitrogen and oxygen atoms in total. The zero-order valence-corrected chi connectivity index (χ0v) is 10.6. The number of aromatic amines is 1. The van der Waals surface area contributed by atoms with Crippen molar-refractivity contribution in [2.24, 2.45) is 0 Å². The van der Waals surface area contributed by atoms with Gasteiger partial charge < -0.3 is 9.84 Å². The summed E-state index contributed by atoms with van der Waals surface area (Å²) in [4.78, 5) is 10.9. The van der Waals surface area contributed by atoms with Crippen molar-refractivity contribution in [2.75, 3.05) is 0 Å². The lowest BCUT2D eigenvalue weighted by atomic mass is 9.96. The standard InChI is InChI=1S/C14H13FN2O3/c15-8-4-5-13(20-9-2-1-3-9)10(6-8)11-7-12(14(18)19)17-16-11/h4-7,9H,1-3H2,(H,16,17)(H,18,19). The van der Waals surface area contributed by atoms with Crippen molar-refractivity contribution in [1.82, 2.24) is 10.2 Å². The summed E-state index contributed by atoms with van der Waals surface area (Å²) in [6.45, 7) is 0. The Balaban J connectivity index is 1.96. The zero-order chi connectivity index (χ0) is 14.1. The molecule has 0 amide bonds. The Kier molecular flexibility index (Phi) is 3.14. The molecule has 104 valence electrons. The summed E-state index contributed by atoms with van der Waals surface area (Å²) in [6.07, 6.45) is 3.25. The van der Waals surface area contributed by atoms with Crippen LogP contribution in [0.5, 0.6) is 5.75 Å². The van der Waals surface area contributed by atoms with E-state index in [9.17, 15) is 9.18 Å². The van der Waals surface area contributed by atoms with E-state index >= 15 is 0 Å². The van der Waals surface area contributed by atoms with Gasteiger partial charge in [-0.1, -0.05) is 0 Å². The SMILES string of the molecule is O=C(O)c1cc(-c2cc(F)ccc2OC2CCC2)n[nH]1. The van der Waals surface area contributed by atoms with Crippen LogP contribution in [0.25, 0.3) is 11.3 Å². The number of hydrogen-bond acceptors (Lipinski definition) is 3. The molecule has 1 fully saturated rings. The molecule has 20 heavy (non-hydrogen) atoms. The number of rotatable bonds is 4. The molecule has 0 unspecified atom stereocenters. The van der Waals surface area contributed by atoms with Gasteiger partial charge in [0.25, 0.3) is 0 Å². The van der Waals surface area contributed by atoms with Crippen molar-refractivity contribution >= 4 is 5.97 Å². The summed E-state index contributed by atoms with van der Waals surface area (Å²) in [5.74, 6) is -0.998. The Bertz CT molecular complexity index is 650. The highest BCUT2D eigenvalue weighted by atomic mass is 19.1. The quantitative estimate of drug-likeness (QED) is 0.900. The Morgan fingerprint density at radius 3 is 2.80 bits per heavy atom. The predicted octanol–water partition coefficient (Wildman–Crippen LogP) is 2.85. The maximum atomic E-state index is 13.4. The van der Waals surface area contributed by atoms with Gasteiger partial charge in [-0.25, -0.2) is 9.18 Å². The van der Waals surface area contributed by atoms with E-state index in [1.807, 2.05) is 0 Å². The summed E-state index contributed by atoms with van der Waals surface area (Å²) in [6, 6.07) is 5.54. The van der Waals surface area contributed by atoms with Gasteiger partial charge in [0.2, 0.25) is 0 Å². The highest BCUT2D eigenvalue weighted by Crippen LogP contribution is 2.33. The van der Waals surface area contributed by atoms with Crippen LogP contribution in [0.3, 0.4) is 0 Å². The van der Waals surface area contributed by atoms with Gasteiger partial charge in [-0.15, -0.1) is 0 Å². The van der Waals surface area contributed by atoms with Gasteiger partial charge in [0, 0.05) is 5.56 Å². The summed E-state index contributed by atoms with van der Waals surface area (Å²) >= 11 is 0. The molecule has 1 saturated carbocycles. The molecule has 1 aliphatic carbocycles. The summed E-state index contributed by atoms with van der Waals surface area (Å²) < 4.78 is 19.2. The lowest BCUT2D eigenvalue weighted by Crippen LogP contribution is -2.24. The molecule has 0 aliphatic heterocycles. The average molecular weight is 276 g/mol. The van der Waals surface area contributed by atoms with Crippen molar-refractivity contribution in [1.29, 1.82) is 0 Å². The van der Waals surface area contributed by atoms with Gasteiger partial charge in [-0.2, -0.15) is 5.10 Å². The average Bonchev–Trinajstić information content (AvgIpc) is 2.84. The van der Waals surface area contributed by atoms with E-state index in [1.54, 1.807) is 6.07 Å². The summed E-state index contributed by atoms with van der Waals surface area (Å²) in [7, 11) is 0. The van der Waals surface area contributed by atoms with Crippen LogP contribution in [0.1, 0.15) is 29.8 Å². The van der Waals surface area contributed by atoms with Crippen LogP contribution in [-0.4, -0.2) is 27.4 Å². The number of nitrogens with one attached hydrogen (secondary N) is 1. The van der Waals surface area contributed by atoms with Crippen molar-refractivity contribution < 1.29 is 19.0 Å². The number of carbonyl (C=O) groups is 1. The number of hydrogen-bond donors (Lipinski definition) is 2. The van der Waals surface area contributed by atoms with E-state index in [-0.39, 0.29) is 11.8 Å². The van der Waals surface area contributed by atoms with Gasteiger partial charge in [0.1, 0.15) is 17.3 Å². The fraction of sp³-hybridized carbons (Fsp3) is 0.286. The predicted molar refractivity (Wildman–Crippen MR) is 69.2 cm³/mol. The summed E-state index contributed by atoms with van der Waals surface area (Å²) in [5, 5.41) is 15.2. The number of aromatic nitrogens is 2. The molecule has 0 spiro atoms. The third kappa shape index (κ3) is 2.36. The third-order valence-electron chi connectivity index (χ3n) is 3.37. The molecule has 0 bridgehead atoms. The van der Waals surface area contributed by atoms with Gasteiger partial charge in [-0.05, 0) is 43.5 Å².